The number of rotatable bonds is 3. The Morgan fingerprint density at radius 2 is 1.80 bits per heavy atom. The number of carboxylic acid groups (broad SMARTS) is 1. The molecule has 0 radical (unpaired) electrons. The molecule has 6 heteroatoms. The summed E-state index contributed by atoms with van der Waals surface area (Å²) in [4.78, 5) is 10.2. The van der Waals surface area contributed by atoms with E-state index in [1.807, 2.05) is 0 Å². The van der Waals surface area contributed by atoms with Gasteiger partial charge >= 0.3 is 5.97 Å². The number of hydrogen-bond acceptors (Lipinski definition) is 3. The molecule has 0 aromatic heterocycles. The van der Waals surface area contributed by atoms with Crippen molar-refractivity contribution >= 4 is 31.8 Å². The molecule has 0 unspecified atom stereocenters. The molecule has 0 spiro atoms. The normalized spacial score (nSPS) is 11.8. The molecule has 1 N–H and O–H groups in total. The summed E-state index contributed by atoms with van der Waals surface area (Å²) in [5, 5.41) is 8.35. The predicted molar refractivity (Wildman–Crippen MR) is 56.2 cm³/mol. The van der Waals surface area contributed by atoms with E-state index in [9.17, 15) is 13.2 Å². The van der Waals surface area contributed by atoms with Gasteiger partial charge in [-0.05, 0) is 23.8 Å². The van der Waals surface area contributed by atoms with E-state index in [0.29, 0.717) is 5.56 Å². The summed E-state index contributed by atoms with van der Waals surface area (Å²) in [6.45, 7) is 0. The topological polar surface area (TPSA) is 71.4 Å². The second-order valence-corrected chi connectivity index (χ2v) is 5.24. The smallest absolute Gasteiger partial charge is 0.328 e. The molecule has 1 aromatic rings. The first-order chi connectivity index (χ1) is 6.89. The number of halogens is 1. The Balaban J connectivity index is 2.96. The fourth-order valence-corrected chi connectivity index (χ4v) is 1.68. The first-order valence-corrected chi connectivity index (χ1v) is 6.16. The maximum Gasteiger partial charge on any atom is 0.328 e. The quantitative estimate of drug-likeness (QED) is 0.651. The number of carboxylic acids is 1. The average molecular weight is 247 g/mol. The molecule has 80 valence electrons. The van der Waals surface area contributed by atoms with Crippen molar-refractivity contribution in [2.75, 3.05) is 0 Å². The van der Waals surface area contributed by atoms with E-state index in [1.165, 1.54) is 30.3 Å². The summed E-state index contributed by atoms with van der Waals surface area (Å²) >= 11 is 0. The van der Waals surface area contributed by atoms with Crippen LogP contribution in [-0.2, 0) is 13.8 Å². The third-order valence-electron chi connectivity index (χ3n) is 1.58. The van der Waals surface area contributed by atoms with E-state index >= 15 is 0 Å². The lowest BCUT2D eigenvalue weighted by molar-refractivity contribution is -0.131. The van der Waals surface area contributed by atoms with Crippen molar-refractivity contribution in [2.24, 2.45) is 0 Å². The SMILES string of the molecule is O=C(O)/C=C/c1ccc(S(=O)(=O)Cl)cc1. The highest BCUT2D eigenvalue weighted by Gasteiger charge is 2.08. The highest BCUT2D eigenvalue weighted by molar-refractivity contribution is 8.13. The molecule has 0 amide bonds. The van der Waals surface area contributed by atoms with Gasteiger partial charge < -0.3 is 5.11 Å². The Morgan fingerprint density at radius 1 is 1.27 bits per heavy atom. The van der Waals surface area contributed by atoms with Crippen molar-refractivity contribution in [3.63, 3.8) is 0 Å². The minimum atomic E-state index is -3.72. The minimum absolute atomic E-state index is 0.0170. The number of hydrogen-bond donors (Lipinski definition) is 1. The van der Waals surface area contributed by atoms with E-state index in [0.717, 1.165) is 6.08 Å². The van der Waals surface area contributed by atoms with Crippen LogP contribution in [-0.4, -0.2) is 19.5 Å². The van der Waals surface area contributed by atoms with Crippen LogP contribution in [0.15, 0.2) is 35.2 Å². The molecular weight excluding hydrogens is 240 g/mol. The first kappa shape index (κ1) is 11.7. The molecular formula is C9H7ClO4S. The fourth-order valence-electron chi connectivity index (χ4n) is 0.909. The second-order valence-electron chi connectivity index (χ2n) is 2.68. The van der Waals surface area contributed by atoms with Crippen molar-refractivity contribution in [1.82, 2.24) is 0 Å². The standard InChI is InChI=1S/C9H7ClO4S/c10-15(13,14)8-4-1-7(2-5-8)3-6-9(11)12/h1-6H,(H,11,12)/b6-3+. The van der Waals surface area contributed by atoms with Crippen LogP contribution in [0.4, 0.5) is 0 Å². The summed E-state index contributed by atoms with van der Waals surface area (Å²) < 4.78 is 21.7. The van der Waals surface area contributed by atoms with E-state index in [2.05, 4.69) is 0 Å². The Bertz CT molecular complexity index is 487. The van der Waals surface area contributed by atoms with Gasteiger partial charge in [0.2, 0.25) is 0 Å². The molecule has 0 saturated heterocycles. The molecule has 0 atom stereocenters. The van der Waals surface area contributed by atoms with Crippen LogP contribution in [0, 0.1) is 0 Å². The predicted octanol–water partition coefficient (Wildman–Crippen LogP) is 1.71. The summed E-state index contributed by atoms with van der Waals surface area (Å²) in [5.74, 6) is -1.07. The van der Waals surface area contributed by atoms with E-state index in [-0.39, 0.29) is 4.90 Å². The third-order valence-corrected chi connectivity index (χ3v) is 2.95. The van der Waals surface area contributed by atoms with Crippen LogP contribution in [0.2, 0.25) is 0 Å². The van der Waals surface area contributed by atoms with Crippen LogP contribution in [0.5, 0.6) is 0 Å². The molecule has 1 rings (SSSR count). The zero-order chi connectivity index (χ0) is 11.5. The summed E-state index contributed by atoms with van der Waals surface area (Å²) in [7, 11) is 1.38. The Morgan fingerprint density at radius 3 is 2.20 bits per heavy atom. The van der Waals surface area contributed by atoms with Gasteiger partial charge in [-0.15, -0.1) is 0 Å². The zero-order valence-electron chi connectivity index (χ0n) is 7.42. The van der Waals surface area contributed by atoms with E-state index in [4.69, 9.17) is 15.8 Å². The van der Waals surface area contributed by atoms with Crippen LogP contribution in [0.3, 0.4) is 0 Å². The van der Waals surface area contributed by atoms with Gasteiger partial charge in [0.1, 0.15) is 0 Å². The minimum Gasteiger partial charge on any atom is -0.478 e. The van der Waals surface area contributed by atoms with Gasteiger partial charge in [0, 0.05) is 16.8 Å². The Labute approximate surface area is 91.2 Å². The summed E-state index contributed by atoms with van der Waals surface area (Å²) in [6, 6.07) is 5.55. The van der Waals surface area contributed by atoms with Crippen molar-refractivity contribution in [3.05, 3.63) is 35.9 Å². The lowest BCUT2D eigenvalue weighted by Crippen LogP contribution is -1.90. The van der Waals surface area contributed by atoms with E-state index < -0.39 is 15.0 Å². The van der Waals surface area contributed by atoms with Crippen molar-refractivity contribution in [3.8, 4) is 0 Å². The molecule has 0 fully saturated rings. The monoisotopic (exact) mass is 246 g/mol. The van der Waals surface area contributed by atoms with Crippen molar-refractivity contribution in [1.29, 1.82) is 0 Å². The summed E-state index contributed by atoms with van der Waals surface area (Å²) in [6.07, 6.45) is 2.32. The molecule has 4 nitrogen and oxygen atoms in total. The van der Waals surface area contributed by atoms with Crippen LogP contribution >= 0.6 is 10.7 Å². The van der Waals surface area contributed by atoms with Crippen LogP contribution in [0.25, 0.3) is 6.08 Å². The maximum atomic E-state index is 10.9. The van der Waals surface area contributed by atoms with Crippen molar-refractivity contribution in [2.45, 2.75) is 4.90 Å². The zero-order valence-corrected chi connectivity index (χ0v) is 8.99. The van der Waals surface area contributed by atoms with Gasteiger partial charge in [-0.2, -0.15) is 0 Å². The lowest BCUT2D eigenvalue weighted by Gasteiger charge is -1.96. The van der Waals surface area contributed by atoms with Gasteiger partial charge in [-0.1, -0.05) is 12.1 Å². The number of aliphatic carboxylic acids is 1. The maximum absolute atomic E-state index is 10.9. The number of carbonyl (C=O) groups is 1. The Kier molecular flexibility index (Phi) is 3.49. The van der Waals surface area contributed by atoms with Gasteiger partial charge in [0.15, 0.2) is 0 Å². The molecule has 0 bridgehead atoms. The van der Waals surface area contributed by atoms with Gasteiger partial charge in [0.25, 0.3) is 9.05 Å². The first-order valence-electron chi connectivity index (χ1n) is 3.85. The Hall–Kier alpha value is -1.33. The lowest BCUT2D eigenvalue weighted by atomic mass is 10.2. The average Bonchev–Trinajstić information content (AvgIpc) is 2.14. The molecule has 0 heterocycles. The molecule has 0 saturated carbocycles. The van der Waals surface area contributed by atoms with Gasteiger partial charge in [-0.3, -0.25) is 0 Å². The molecule has 15 heavy (non-hydrogen) atoms. The fraction of sp³-hybridized carbons (Fsp3) is 0. The van der Waals surface area contributed by atoms with Crippen LogP contribution < -0.4 is 0 Å². The highest BCUT2D eigenvalue weighted by Crippen LogP contribution is 2.15. The second kappa shape index (κ2) is 4.46. The summed E-state index contributed by atoms with van der Waals surface area (Å²) in [5.41, 5.74) is 0.585. The van der Waals surface area contributed by atoms with Crippen LogP contribution in [0.1, 0.15) is 5.56 Å². The van der Waals surface area contributed by atoms with E-state index in [1.54, 1.807) is 0 Å². The third kappa shape index (κ3) is 3.73. The largest absolute Gasteiger partial charge is 0.478 e. The highest BCUT2D eigenvalue weighted by atomic mass is 35.7. The number of benzene rings is 1. The van der Waals surface area contributed by atoms with Gasteiger partial charge in [0.05, 0.1) is 4.90 Å². The molecule has 0 aliphatic carbocycles. The molecule has 0 aliphatic heterocycles. The van der Waals surface area contributed by atoms with Gasteiger partial charge in [-0.25, -0.2) is 13.2 Å². The van der Waals surface area contributed by atoms with Crippen molar-refractivity contribution < 1.29 is 18.3 Å². The molecule has 1 aromatic carbocycles. The molecule has 0 aliphatic rings.